The number of hydrogen-bond donors (Lipinski definition) is 0. The molecule has 1 aliphatic heterocycles. The van der Waals surface area contributed by atoms with Crippen molar-refractivity contribution in [1.29, 1.82) is 0 Å². The van der Waals surface area contributed by atoms with Crippen molar-refractivity contribution >= 4 is 5.91 Å². The topological polar surface area (TPSA) is 32.8 Å². The van der Waals surface area contributed by atoms with Crippen LogP contribution in [-0.2, 0) is 6.54 Å². The molecule has 0 N–H and O–H groups in total. The quantitative estimate of drug-likeness (QED) is 0.348. The Kier molecular flexibility index (Phi) is 8.25. The molecule has 3 aromatic rings. The van der Waals surface area contributed by atoms with Crippen LogP contribution in [0.15, 0.2) is 78.9 Å². The summed E-state index contributed by atoms with van der Waals surface area (Å²) in [6.45, 7) is 5.93. The maximum absolute atomic E-state index is 13.9. The first-order valence-electron chi connectivity index (χ1n) is 13.9. The number of methoxy groups -OCH3 is 1. The monoisotopic (exact) mass is 496 g/mol. The average molecular weight is 497 g/mol. The smallest absolute Gasteiger partial charge is 0.254 e. The molecule has 2 atom stereocenters. The summed E-state index contributed by atoms with van der Waals surface area (Å²) in [5.74, 6) is 1.89. The van der Waals surface area contributed by atoms with Crippen molar-refractivity contribution in [2.75, 3.05) is 26.7 Å². The third-order valence-corrected chi connectivity index (χ3v) is 8.37. The molecule has 5 rings (SSSR count). The van der Waals surface area contributed by atoms with Gasteiger partial charge in [-0.2, -0.15) is 0 Å². The van der Waals surface area contributed by atoms with E-state index < -0.39 is 0 Å². The zero-order chi connectivity index (χ0) is 25.6. The Morgan fingerprint density at radius 2 is 1.68 bits per heavy atom. The summed E-state index contributed by atoms with van der Waals surface area (Å²) >= 11 is 0. The lowest BCUT2D eigenvalue weighted by Crippen LogP contribution is -2.45. The fraction of sp³-hybridized carbons (Fsp3) is 0.424. The van der Waals surface area contributed by atoms with Gasteiger partial charge in [0.1, 0.15) is 5.75 Å². The van der Waals surface area contributed by atoms with Crippen molar-refractivity contribution < 1.29 is 9.53 Å². The third-order valence-electron chi connectivity index (χ3n) is 8.37. The van der Waals surface area contributed by atoms with Crippen LogP contribution in [0.3, 0.4) is 0 Å². The van der Waals surface area contributed by atoms with Gasteiger partial charge in [0.25, 0.3) is 5.91 Å². The van der Waals surface area contributed by atoms with Crippen LogP contribution in [0.5, 0.6) is 5.75 Å². The number of ether oxygens (including phenoxy) is 1. The van der Waals surface area contributed by atoms with E-state index in [1.807, 2.05) is 36.4 Å². The van der Waals surface area contributed by atoms with E-state index in [4.69, 9.17) is 4.74 Å². The second-order valence-corrected chi connectivity index (χ2v) is 10.9. The predicted octanol–water partition coefficient (Wildman–Crippen LogP) is 6.69. The molecule has 1 aliphatic carbocycles. The zero-order valence-corrected chi connectivity index (χ0v) is 22.3. The maximum Gasteiger partial charge on any atom is 0.254 e. The summed E-state index contributed by atoms with van der Waals surface area (Å²) in [5, 5.41) is 0. The van der Waals surface area contributed by atoms with E-state index in [-0.39, 0.29) is 5.91 Å². The van der Waals surface area contributed by atoms with Crippen molar-refractivity contribution in [3.05, 3.63) is 101 Å². The summed E-state index contributed by atoms with van der Waals surface area (Å²) in [7, 11) is 1.73. The van der Waals surface area contributed by atoms with Gasteiger partial charge in [0.2, 0.25) is 0 Å². The average Bonchev–Trinajstić information content (AvgIpc) is 3.34. The highest BCUT2D eigenvalue weighted by Gasteiger charge is 2.38. The number of amides is 1. The van der Waals surface area contributed by atoms with Crippen molar-refractivity contribution in [1.82, 2.24) is 9.80 Å². The Hall–Kier alpha value is -3.11. The van der Waals surface area contributed by atoms with Crippen molar-refractivity contribution in [2.24, 2.45) is 5.92 Å². The van der Waals surface area contributed by atoms with Gasteiger partial charge in [-0.15, -0.1) is 0 Å². The fourth-order valence-corrected chi connectivity index (χ4v) is 6.45. The minimum Gasteiger partial charge on any atom is -0.497 e. The van der Waals surface area contributed by atoms with Gasteiger partial charge in [0.05, 0.1) is 7.11 Å². The maximum atomic E-state index is 13.9. The highest BCUT2D eigenvalue weighted by Crippen LogP contribution is 2.37. The molecule has 0 unspecified atom stereocenters. The summed E-state index contributed by atoms with van der Waals surface area (Å²) in [6, 6.07) is 27.5. The summed E-state index contributed by atoms with van der Waals surface area (Å²) in [5.41, 5.74) is 4.86. The summed E-state index contributed by atoms with van der Waals surface area (Å²) < 4.78 is 5.47. The molecule has 0 spiro atoms. The SMILES string of the molecule is COc1cccc(CN2C[C@H](CN(C(=O)c3ccccc3)C3CCCCC3)[C@H](c3ccccc3C)C2)c1. The van der Waals surface area contributed by atoms with E-state index in [1.54, 1.807) is 7.11 Å². The molecule has 0 radical (unpaired) electrons. The molecule has 1 amide bonds. The van der Waals surface area contributed by atoms with Crippen molar-refractivity contribution in [2.45, 2.75) is 57.5 Å². The molecular weight excluding hydrogens is 456 g/mol. The largest absolute Gasteiger partial charge is 0.497 e. The molecule has 1 saturated carbocycles. The van der Waals surface area contributed by atoms with Gasteiger partial charge in [-0.25, -0.2) is 0 Å². The second kappa shape index (κ2) is 12.0. The van der Waals surface area contributed by atoms with E-state index >= 15 is 0 Å². The molecule has 2 fully saturated rings. The summed E-state index contributed by atoms with van der Waals surface area (Å²) in [4.78, 5) is 18.7. The van der Waals surface area contributed by atoms with Crippen LogP contribution in [0.25, 0.3) is 0 Å². The molecule has 1 saturated heterocycles. The van der Waals surface area contributed by atoms with Gasteiger partial charge >= 0.3 is 0 Å². The molecule has 1 heterocycles. The molecule has 194 valence electrons. The predicted molar refractivity (Wildman–Crippen MR) is 150 cm³/mol. The number of rotatable bonds is 8. The van der Waals surface area contributed by atoms with E-state index in [0.717, 1.165) is 50.3 Å². The number of hydrogen-bond acceptors (Lipinski definition) is 3. The van der Waals surface area contributed by atoms with Gasteiger partial charge in [-0.1, -0.05) is 73.9 Å². The van der Waals surface area contributed by atoms with Crippen LogP contribution >= 0.6 is 0 Å². The Morgan fingerprint density at radius 3 is 2.43 bits per heavy atom. The highest BCUT2D eigenvalue weighted by molar-refractivity contribution is 5.94. The van der Waals surface area contributed by atoms with Gasteiger partial charge in [-0.05, 0) is 66.6 Å². The number of carbonyl (C=O) groups is 1. The van der Waals surface area contributed by atoms with Crippen LogP contribution in [0.4, 0.5) is 0 Å². The zero-order valence-electron chi connectivity index (χ0n) is 22.3. The van der Waals surface area contributed by atoms with Crippen LogP contribution in [0, 0.1) is 12.8 Å². The van der Waals surface area contributed by atoms with Crippen molar-refractivity contribution in [3.63, 3.8) is 0 Å². The third kappa shape index (κ3) is 6.07. The van der Waals surface area contributed by atoms with E-state index in [9.17, 15) is 4.79 Å². The second-order valence-electron chi connectivity index (χ2n) is 10.9. The molecule has 0 aromatic heterocycles. The van der Waals surface area contributed by atoms with Crippen LogP contribution in [-0.4, -0.2) is 48.5 Å². The van der Waals surface area contributed by atoms with Crippen molar-refractivity contribution in [3.8, 4) is 5.75 Å². The standard InChI is InChI=1S/C33H40N2O2/c1-25-12-9-10-19-31(25)32-24-34(21-26-13-11-18-30(20-26)37-2)22-28(32)23-35(29-16-7-4-8-17-29)33(36)27-14-5-3-6-15-27/h3,5-6,9-15,18-20,28-29,32H,4,7-8,16-17,21-24H2,1-2H3/t28-,32-/m1/s1. The first-order chi connectivity index (χ1) is 18.1. The van der Waals surface area contributed by atoms with E-state index in [1.165, 1.54) is 36.0 Å². The lowest BCUT2D eigenvalue weighted by molar-refractivity contribution is 0.0588. The number of carbonyl (C=O) groups excluding carboxylic acids is 1. The van der Waals surface area contributed by atoms with Gasteiger partial charge in [0.15, 0.2) is 0 Å². The Morgan fingerprint density at radius 1 is 0.919 bits per heavy atom. The number of benzene rings is 3. The number of likely N-dealkylation sites (tertiary alicyclic amines) is 1. The fourth-order valence-electron chi connectivity index (χ4n) is 6.45. The first-order valence-corrected chi connectivity index (χ1v) is 13.9. The van der Waals surface area contributed by atoms with Crippen LogP contribution < -0.4 is 4.74 Å². The molecule has 2 aliphatic rings. The summed E-state index contributed by atoms with van der Waals surface area (Å²) in [6.07, 6.45) is 5.96. The molecule has 37 heavy (non-hydrogen) atoms. The molecule has 4 nitrogen and oxygen atoms in total. The molecular formula is C33H40N2O2. The van der Waals surface area contributed by atoms with Crippen LogP contribution in [0.1, 0.15) is 65.1 Å². The van der Waals surface area contributed by atoms with Crippen LogP contribution in [0.2, 0.25) is 0 Å². The first kappa shape index (κ1) is 25.5. The number of aryl methyl sites for hydroxylation is 1. The van der Waals surface area contributed by atoms with Gasteiger partial charge in [-0.3, -0.25) is 9.69 Å². The molecule has 4 heteroatoms. The highest BCUT2D eigenvalue weighted by atomic mass is 16.5. The molecule has 0 bridgehead atoms. The lowest BCUT2D eigenvalue weighted by atomic mass is 9.85. The number of nitrogens with zero attached hydrogens (tertiary/aromatic N) is 2. The normalized spacial score (nSPS) is 20.6. The van der Waals surface area contributed by atoms with E-state index in [2.05, 4.69) is 59.2 Å². The van der Waals surface area contributed by atoms with E-state index in [0.29, 0.717) is 17.9 Å². The lowest BCUT2D eigenvalue weighted by Gasteiger charge is -2.37. The Labute approximate surface area is 222 Å². The Bertz CT molecular complexity index is 1170. The minimum atomic E-state index is 0.197. The minimum absolute atomic E-state index is 0.197. The Balaban J connectivity index is 1.42. The molecule has 3 aromatic carbocycles. The van der Waals surface area contributed by atoms with Gasteiger partial charge in [0, 0.05) is 43.7 Å². The van der Waals surface area contributed by atoms with Gasteiger partial charge < -0.3 is 9.64 Å².